The van der Waals surface area contributed by atoms with E-state index >= 15 is 0 Å². The molecule has 11 heteroatoms. The molecule has 0 fully saturated rings. The lowest BCUT2D eigenvalue weighted by Crippen LogP contribution is -2.53. The number of hydrogen-bond donors (Lipinski definition) is 3. The first-order valence-corrected chi connectivity index (χ1v) is 9.51. The van der Waals surface area contributed by atoms with Gasteiger partial charge in [0.2, 0.25) is 5.91 Å². The molecule has 0 bridgehead atoms. The first kappa shape index (κ1) is 26.1. The van der Waals surface area contributed by atoms with Gasteiger partial charge in [0.25, 0.3) is 5.72 Å². The van der Waals surface area contributed by atoms with Crippen molar-refractivity contribution in [3.63, 3.8) is 0 Å². The quantitative estimate of drug-likeness (QED) is 0.206. The number of esters is 1. The zero-order valence-corrected chi connectivity index (χ0v) is 17.2. The Morgan fingerprint density at radius 1 is 1.16 bits per heavy atom. The zero-order valence-electron chi connectivity index (χ0n) is 17.2. The van der Waals surface area contributed by atoms with E-state index in [0.717, 1.165) is 18.9 Å². The molecule has 0 unspecified atom stereocenters. The van der Waals surface area contributed by atoms with Gasteiger partial charge >= 0.3 is 18.1 Å². The summed E-state index contributed by atoms with van der Waals surface area (Å²) in [7, 11) is 0. The number of ether oxygens (including phenoxy) is 1. The largest absolute Gasteiger partial charge is 0.491 e. The Morgan fingerprint density at radius 3 is 2.39 bits per heavy atom. The highest BCUT2D eigenvalue weighted by atomic mass is 19.4. The third-order valence-corrected chi connectivity index (χ3v) is 3.86. The minimum atomic E-state index is -5.32. The lowest BCUT2D eigenvalue weighted by molar-refractivity contribution is -0.219. The van der Waals surface area contributed by atoms with Crippen LogP contribution >= 0.6 is 0 Å². The summed E-state index contributed by atoms with van der Waals surface area (Å²) in [4.78, 5) is 39.5. The Bertz CT molecular complexity index is 767. The molecule has 0 aliphatic carbocycles. The zero-order chi connectivity index (χ0) is 23.5. The van der Waals surface area contributed by atoms with Crippen molar-refractivity contribution in [2.75, 3.05) is 6.54 Å². The predicted octanol–water partition coefficient (Wildman–Crippen LogP) is 1.90. The van der Waals surface area contributed by atoms with Gasteiger partial charge in [-0.1, -0.05) is 43.3 Å². The summed E-state index contributed by atoms with van der Waals surface area (Å²) in [6, 6.07) is 8.64. The molecule has 1 aromatic rings. The lowest BCUT2D eigenvalue weighted by Gasteiger charge is -2.24. The molecule has 0 aromatic heterocycles. The Balaban J connectivity index is 2.76. The lowest BCUT2D eigenvalue weighted by atomic mass is 10.1. The van der Waals surface area contributed by atoms with Gasteiger partial charge in [-0.15, -0.1) is 5.48 Å². The van der Waals surface area contributed by atoms with Gasteiger partial charge in [0.05, 0.1) is 6.04 Å². The van der Waals surface area contributed by atoms with Crippen LogP contribution in [0.5, 0.6) is 0 Å². The van der Waals surface area contributed by atoms with Gasteiger partial charge < -0.3 is 14.9 Å². The maximum atomic E-state index is 12.3. The predicted molar refractivity (Wildman–Crippen MR) is 105 cm³/mol. The van der Waals surface area contributed by atoms with Crippen molar-refractivity contribution >= 4 is 17.8 Å². The highest BCUT2D eigenvalue weighted by Gasteiger charge is 2.47. The Morgan fingerprint density at radius 2 is 1.81 bits per heavy atom. The van der Waals surface area contributed by atoms with Crippen LogP contribution in [-0.4, -0.2) is 42.3 Å². The van der Waals surface area contributed by atoms with E-state index in [4.69, 9.17) is 10.6 Å². The third-order valence-electron chi connectivity index (χ3n) is 3.86. The van der Waals surface area contributed by atoms with Gasteiger partial charge in [-0.05, 0) is 24.8 Å². The summed E-state index contributed by atoms with van der Waals surface area (Å²) < 4.78 is 41.0. The molecular weight excluding hydrogens is 419 g/mol. The van der Waals surface area contributed by atoms with Gasteiger partial charge in [0.1, 0.15) is 0 Å². The summed E-state index contributed by atoms with van der Waals surface area (Å²) in [5, 5.41) is 2.64. The van der Waals surface area contributed by atoms with Crippen LogP contribution in [-0.2, 0) is 30.4 Å². The Labute approximate surface area is 177 Å². The maximum absolute atomic E-state index is 12.3. The van der Waals surface area contributed by atoms with Crippen molar-refractivity contribution in [1.29, 1.82) is 0 Å². The number of carbonyl (C=O) groups is 3. The molecule has 0 spiro atoms. The molecule has 31 heavy (non-hydrogen) atoms. The van der Waals surface area contributed by atoms with Crippen LogP contribution < -0.4 is 16.5 Å². The summed E-state index contributed by atoms with van der Waals surface area (Å²) in [6.07, 6.45) is -0.966. The molecule has 172 valence electrons. The van der Waals surface area contributed by atoms with E-state index in [-0.39, 0.29) is 5.91 Å². The first-order chi connectivity index (χ1) is 14.5. The molecule has 1 aromatic carbocycles. The fourth-order valence-corrected chi connectivity index (χ4v) is 2.19. The number of hydroxylamine groups is 1. The number of nitrogens with two attached hydrogens (primary N) is 1. The second-order valence-electron chi connectivity index (χ2n) is 6.78. The maximum Gasteiger partial charge on any atom is 0.491 e. The number of aryl methyl sites for hydroxylation is 1. The van der Waals surface area contributed by atoms with Crippen molar-refractivity contribution in [2.24, 2.45) is 5.73 Å². The summed E-state index contributed by atoms with van der Waals surface area (Å²) in [6.45, 7) is 3.13. The molecule has 4 N–H and O–H groups in total. The van der Waals surface area contributed by atoms with Crippen LogP contribution in [0.2, 0.25) is 0 Å². The summed E-state index contributed by atoms with van der Waals surface area (Å²) in [5.74, 6) is -4.43. The van der Waals surface area contributed by atoms with Crippen molar-refractivity contribution in [1.82, 2.24) is 10.8 Å². The number of nitrogens with one attached hydrogen (secondary N) is 2. The van der Waals surface area contributed by atoms with Crippen LogP contribution in [0.1, 0.15) is 32.3 Å². The second kappa shape index (κ2) is 12.1. The number of benzene rings is 1. The van der Waals surface area contributed by atoms with Gasteiger partial charge in [-0.3, -0.25) is 10.5 Å². The average Bonchev–Trinajstić information content (AvgIpc) is 2.71. The molecule has 0 aliphatic rings. The number of hydrogen-bond acceptors (Lipinski definition) is 7. The fraction of sp³-hybridized carbons (Fsp3) is 0.450. The smallest absolute Gasteiger partial charge is 0.426 e. The van der Waals surface area contributed by atoms with Crippen molar-refractivity contribution in [2.45, 2.75) is 51.1 Å². The number of halogens is 3. The second-order valence-corrected chi connectivity index (χ2v) is 6.78. The average molecular weight is 445 g/mol. The van der Waals surface area contributed by atoms with E-state index < -0.39 is 29.9 Å². The van der Waals surface area contributed by atoms with Crippen molar-refractivity contribution in [3.8, 4) is 0 Å². The Hall–Kier alpha value is -2.92. The van der Waals surface area contributed by atoms with Gasteiger partial charge in [-0.2, -0.15) is 13.2 Å². The number of rotatable bonds is 11. The van der Waals surface area contributed by atoms with Gasteiger partial charge in [0.15, 0.2) is 0 Å². The van der Waals surface area contributed by atoms with E-state index in [1.165, 1.54) is 12.2 Å². The Kier molecular flexibility index (Phi) is 10.2. The molecule has 0 saturated heterocycles. The monoisotopic (exact) mass is 445 g/mol. The molecule has 0 saturated carbocycles. The third kappa shape index (κ3) is 10.1. The van der Waals surface area contributed by atoms with E-state index in [9.17, 15) is 27.6 Å². The molecule has 0 heterocycles. The first-order valence-electron chi connectivity index (χ1n) is 9.51. The molecule has 8 nitrogen and oxygen atoms in total. The van der Waals surface area contributed by atoms with E-state index in [1.54, 1.807) is 0 Å². The molecule has 2 atom stereocenters. The highest BCUT2D eigenvalue weighted by molar-refractivity contribution is 5.87. The summed E-state index contributed by atoms with van der Waals surface area (Å²) in [5.41, 5.74) is 6.00. The molecule has 1 rings (SSSR count). The normalized spacial score (nSPS) is 14.5. The van der Waals surface area contributed by atoms with Gasteiger partial charge in [-0.25, -0.2) is 9.59 Å². The number of amides is 1. The van der Waals surface area contributed by atoms with Crippen LogP contribution in [0.25, 0.3) is 0 Å². The summed E-state index contributed by atoms with van der Waals surface area (Å²) >= 11 is 0. The molecular formula is C20H26F3N3O5. The van der Waals surface area contributed by atoms with E-state index in [1.807, 2.05) is 37.3 Å². The van der Waals surface area contributed by atoms with Crippen LogP contribution in [0.4, 0.5) is 13.2 Å². The minimum Gasteiger partial charge on any atom is -0.426 e. The molecule has 0 aliphatic heterocycles. The molecule has 1 amide bonds. The van der Waals surface area contributed by atoms with E-state index in [2.05, 4.69) is 15.5 Å². The standard InChI is InChI=1S/C20H26F3N3O5/c1-3-13-25-16(27)12-11-15(10-9-14-7-5-4-6-8-14)26-31-17(28)19(2,24)30-18(29)20(21,22)23/h4-8,11-12,15,26H,3,9-10,13,24H2,1-2H3,(H,25,27)/b12-11+/t15-,19-/m0/s1. The van der Waals surface area contributed by atoms with Crippen molar-refractivity contribution < 1.29 is 37.1 Å². The number of carbonyl (C=O) groups excluding carboxylic acids is 3. The van der Waals surface area contributed by atoms with Crippen LogP contribution in [0.3, 0.4) is 0 Å². The van der Waals surface area contributed by atoms with Gasteiger partial charge in [0, 0.05) is 19.5 Å². The van der Waals surface area contributed by atoms with Crippen LogP contribution in [0.15, 0.2) is 42.5 Å². The van der Waals surface area contributed by atoms with Crippen molar-refractivity contribution in [3.05, 3.63) is 48.0 Å². The van der Waals surface area contributed by atoms with Crippen LogP contribution in [0, 0.1) is 0 Å². The molecule has 0 radical (unpaired) electrons. The minimum absolute atomic E-state index is 0.359. The van der Waals surface area contributed by atoms with E-state index in [0.29, 0.717) is 19.4 Å². The topological polar surface area (TPSA) is 120 Å². The SMILES string of the molecule is CCCNC(=O)/C=C/[C@H](CCc1ccccc1)NOC(=O)[C@@](C)(N)OC(=O)C(F)(F)F. The highest BCUT2D eigenvalue weighted by Crippen LogP contribution is 2.20. The fourth-order valence-electron chi connectivity index (χ4n) is 2.19. The number of alkyl halides is 3.